The van der Waals surface area contributed by atoms with E-state index in [1.165, 1.54) is 0 Å². The van der Waals surface area contributed by atoms with E-state index in [-0.39, 0.29) is 6.10 Å². The molecule has 0 fully saturated rings. The molecule has 19 heavy (non-hydrogen) atoms. The Balaban J connectivity index is 2.71. The summed E-state index contributed by atoms with van der Waals surface area (Å²) >= 11 is 0. The molecule has 0 bridgehead atoms. The van der Waals surface area contributed by atoms with E-state index >= 15 is 0 Å². The van der Waals surface area contributed by atoms with E-state index in [4.69, 9.17) is 9.47 Å². The first-order chi connectivity index (χ1) is 9.19. The molecule has 1 rings (SSSR count). The standard InChI is InChI=1S/C15H25NO3/c1-4-5-9-19-15-13(11-16-10-12(2)17)7-6-8-14(15)18-3/h6-8,12,16-17H,4-5,9-11H2,1-3H3. The number of aliphatic hydroxyl groups excluding tert-OH is 1. The first-order valence-electron chi connectivity index (χ1n) is 6.86. The summed E-state index contributed by atoms with van der Waals surface area (Å²) in [5, 5.41) is 12.5. The summed E-state index contributed by atoms with van der Waals surface area (Å²) in [6.07, 6.45) is 1.78. The Labute approximate surface area is 115 Å². The highest BCUT2D eigenvalue weighted by molar-refractivity contribution is 5.46. The highest BCUT2D eigenvalue weighted by atomic mass is 16.5. The Hall–Kier alpha value is -1.26. The van der Waals surface area contributed by atoms with Gasteiger partial charge < -0.3 is 19.9 Å². The minimum atomic E-state index is -0.352. The van der Waals surface area contributed by atoms with E-state index < -0.39 is 0 Å². The van der Waals surface area contributed by atoms with Crippen molar-refractivity contribution in [2.75, 3.05) is 20.3 Å². The predicted molar refractivity (Wildman–Crippen MR) is 76.8 cm³/mol. The fourth-order valence-corrected chi connectivity index (χ4v) is 1.76. The van der Waals surface area contributed by atoms with E-state index in [1.54, 1.807) is 14.0 Å². The van der Waals surface area contributed by atoms with Gasteiger partial charge in [0.05, 0.1) is 19.8 Å². The fraction of sp³-hybridized carbons (Fsp3) is 0.600. The Kier molecular flexibility index (Phi) is 7.30. The lowest BCUT2D eigenvalue weighted by molar-refractivity contribution is 0.190. The summed E-state index contributed by atoms with van der Waals surface area (Å²) in [5.74, 6) is 1.56. The second kappa shape index (κ2) is 8.77. The van der Waals surface area contributed by atoms with Crippen LogP contribution in [0.15, 0.2) is 18.2 Å². The fourth-order valence-electron chi connectivity index (χ4n) is 1.76. The van der Waals surface area contributed by atoms with Gasteiger partial charge in [0.25, 0.3) is 0 Å². The van der Waals surface area contributed by atoms with Gasteiger partial charge in [0.1, 0.15) is 0 Å². The molecule has 0 spiro atoms. The van der Waals surface area contributed by atoms with Crippen molar-refractivity contribution in [2.45, 2.75) is 39.3 Å². The summed E-state index contributed by atoms with van der Waals surface area (Å²) < 4.78 is 11.2. The average Bonchev–Trinajstić information content (AvgIpc) is 2.39. The molecule has 0 aliphatic heterocycles. The van der Waals surface area contributed by atoms with E-state index in [9.17, 15) is 5.11 Å². The first-order valence-corrected chi connectivity index (χ1v) is 6.86. The normalized spacial score (nSPS) is 12.2. The third-order valence-electron chi connectivity index (χ3n) is 2.78. The quantitative estimate of drug-likeness (QED) is 0.674. The zero-order chi connectivity index (χ0) is 14.1. The summed E-state index contributed by atoms with van der Waals surface area (Å²) in [5.41, 5.74) is 1.05. The number of hydrogen-bond donors (Lipinski definition) is 2. The molecular weight excluding hydrogens is 242 g/mol. The molecule has 1 unspecified atom stereocenters. The molecule has 4 nitrogen and oxygen atoms in total. The lowest BCUT2D eigenvalue weighted by atomic mass is 10.1. The van der Waals surface area contributed by atoms with Crippen LogP contribution in [-0.4, -0.2) is 31.5 Å². The van der Waals surface area contributed by atoms with Crippen molar-refractivity contribution in [1.82, 2.24) is 5.32 Å². The third kappa shape index (κ3) is 5.49. The van der Waals surface area contributed by atoms with Crippen molar-refractivity contribution in [3.63, 3.8) is 0 Å². The number of aliphatic hydroxyl groups is 1. The van der Waals surface area contributed by atoms with Gasteiger partial charge in [0.15, 0.2) is 11.5 Å². The zero-order valence-electron chi connectivity index (χ0n) is 12.1. The predicted octanol–water partition coefficient (Wildman–Crippen LogP) is 2.34. The smallest absolute Gasteiger partial charge is 0.165 e. The maximum atomic E-state index is 9.26. The van der Waals surface area contributed by atoms with Crippen LogP contribution in [0.3, 0.4) is 0 Å². The average molecular weight is 267 g/mol. The van der Waals surface area contributed by atoms with Crippen LogP contribution in [-0.2, 0) is 6.54 Å². The number of nitrogens with one attached hydrogen (secondary N) is 1. The van der Waals surface area contributed by atoms with Gasteiger partial charge in [-0.1, -0.05) is 25.5 Å². The molecule has 2 N–H and O–H groups in total. The maximum Gasteiger partial charge on any atom is 0.165 e. The Morgan fingerprint density at radius 2 is 2.16 bits per heavy atom. The highest BCUT2D eigenvalue weighted by Gasteiger charge is 2.10. The number of ether oxygens (including phenoxy) is 2. The van der Waals surface area contributed by atoms with E-state index in [1.807, 2.05) is 18.2 Å². The summed E-state index contributed by atoms with van der Waals surface area (Å²) in [6.45, 7) is 5.81. The Bertz CT molecular complexity index is 366. The molecule has 0 radical (unpaired) electrons. The van der Waals surface area contributed by atoms with Crippen LogP contribution < -0.4 is 14.8 Å². The Morgan fingerprint density at radius 3 is 2.79 bits per heavy atom. The van der Waals surface area contributed by atoms with Gasteiger partial charge >= 0.3 is 0 Å². The molecule has 0 amide bonds. The van der Waals surface area contributed by atoms with Crippen LogP contribution in [0, 0.1) is 0 Å². The molecule has 0 heterocycles. The summed E-state index contributed by atoms with van der Waals surface area (Å²) in [6, 6.07) is 5.86. The monoisotopic (exact) mass is 267 g/mol. The zero-order valence-corrected chi connectivity index (χ0v) is 12.1. The lowest BCUT2D eigenvalue weighted by Crippen LogP contribution is -2.24. The second-order valence-corrected chi connectivity index (χ2v) is 4.63. The van der Waals surface area contributed by atoms with Gasteiger partial charge in [-0.15, -0.1) is 0 Å². The second-order valence-electron chi connectivity index (χ2n) is 4.63. The van der Waals surface area contributed by atoms with Gasteiger partial charge in [-0.3, -0.25) is 0 Å². The number of rotatable bonds is 9. The minimum Gasteiger partial charge on any atom is -0.493 e. The molecule has 4 heteroatoms. The third-order valence-corrected chi connectivity index (χ3v) is 2.78. The van der Waals surface area contributed by atoms with Crippen LogP contribution in [0.2, 0.25) is 0 Å². The van der Waals surface area contributed by atoms with E-state index in [2.05, 4.69) is 12.2 Å². The van der Waals surface area contributed by atoms with Gasteiger partial charge in [-0.25, -0.2) is 0 Å². The number of methoxy groups -OCH3 is 1. The molecule has 0 aliphatic rings. The van der Waals surface area contributed by atoms with Crippen LogP contribution in [0.1, 0.15) is 32.3 Å². The highest BCUT2D eigenvalue weighted by Crippen LogP contribution is 2.31. The first kappa shape index (κ1) is 15.8. The molecule has 0 saturated carbocycles. The van der Waals surface area contributed by atoms with Gasteiger partial charge in [-0.05, 0) is 19.4 Å². The molecule has 108 valence electrons. The molecule has 0 saturated heterocycles. The minimum absolute atomic E-state index is 0.352. The van der Waals surface area contributed by atoms with E-state index in [0.717, 1.165) is 29.9 Å². The van der Waals surface area contributed by atoms with Crippen LogP contribution >= 0.6 is 0 Å². The van der Waals surface area contributed by atoms with Gasteiger partial charge in [0.2, 0.25) is 0 Å². The summed E-state index contributed by atoms with van der Waals surface area (Å²) in [4.78, 5) is 0. The number of unbranched alkanes of at least 4 members (excludes halogenated alkanes) is 1. The molecule has 1 aromatic rings. The maximum absolute atomic E-state index is 9.26. The molecule has 0 aromatic heterocycles. The Morgan fingerprint density at radius 1 is 1.37 bits per heavy atom. The van der Waals surface area contributed by atoms with Crippen molar-refractivity contribution >= 4 is 0 Å². The topological polar surface area (TPSA) is 50.7 Å². The van der Waals surface area contributed by atoms with Crippen molar-refractivity contribution in [2.24, 2.45) is 0 Å². The van der Waals surface area contributed by atoms with Crippen LogP contribution in [0.4, 0.5) is 0 Å². The summed E-state index contributed by atoms with van der Waals surface area (Å²) in [7, 11) is 1.65. The number of para-hydroxylation sites is 1. The van der Waals surface area contributed by atoms with E-state index in [0.29, 0.717) is 19.7 Å². The number of benzene rings is 1. The molecular formula is C15H25NO3. The van der Waals surface area contributed by atoms with Crippen molar-refractivity contribution in [3.05, 3.63) is 23.8 Å². The largest absolute Gasteiger partial charge is 0.493 e. The van der Waals surface area contributed by atoms with Gasteiger partial charge in [-0.2, -0.15) is 0 Å². The van der Waals surface area contributed by atoms with Crippen LogP contribution in [0.25, 0.3) is 0 Å². The van der Waals surface area contributed by atoms with Gasteiger partial charge in [0, 0.05) is 18.7 Å². The van der Waals surface area contributed by atoms with Crippen molar-refractivity contribution in [1.29, 1.82) is 0 Å². The number of hydrogen-bond acceptors (Lipinski definition) is 4. The van der Waals surface area contributed by atoms with Crippen LogP contribution in [0.5, 0.6) is 11.5 Å². The van der Waals surface area contributed by atoms with Crippen molar-refractivity contribution < 1.29 is 14.6 Å². The molecule has 1 atom stereocenters. The molecule has 0 aliphatic carbocycles. The van der Waals surface area contributed by atoms with Crippen molar-refractivity contribution in [3.8, 4) is 11.5 Å². The SMILES string of the molecule is CCCCOc1c(CNCC(C)O)cccc1OC. The lowest BCUT2D eigenvalue weighted by Gasteiger charge is -2.15. The molecule has 1 aromatic carbocycles.